The standard InChI is InChI=1S/C23H13F6N7OS/c1-11-7-15(23(27,28)29)31-21-16(11)17-18(38-21)20-32-19(34-36(20)9-30-17)14-5-6-35(33-14)10-37-13-4-2-3-12(8-13)22(24,25)26/h2-9H,10H2,1H3. The molecule has 6 aromatic rings. The third-order valence-electron chi connectivity index (χ3n) is 5.65. The first-order chi connectivity index (χ1) is 18.0. The van der Waals surface area contributed by atoms with E-state index >= 15 is 0 Å². The largest absolute Gasteiger partial charge is 0.471 e. The van der Waals surface area contributed by atoms with E-state index in [2.05, 4.69) is 25.1 Å². The van der Waals surface area contributed by atoms with E-state index in [1.54, 1.807) is 19.2 Å². The molecule has 0 radical (unpaired) electrons. The van der Waals surface area contributed by atoms with Crippen molar-refractivity contribution in [3.05, 3.63) is 65.7 Å². The van der Waals surface area contributed by atoms with Crippen LogP contribution in [0.15, 0.2) is 48.9 Å². The Balaban J connectivity index is 1.31. The van der Waals surface area contributed by atoms with Gasteiger partial charge in [0.05, 0.1) is 11.1 Å². The van der Waals surface area contributed by atoms with Gasteiger partial charge in [-0.15, -0.1) is 16.4 Å². The molecule has 0 saturated heterocycles. The molecule has 0 unspecified atom stereocenters. The molecule has 8 nitrogen and oxygen atoms in total. The minimum Gasteiger partial charge on any atom is -0.471 e. The molecule has 0 bridgehead atoms. The van der Waals surface area contributed by atoms with Crippen LogP contribution in [0.4, 0.5) is 26.3 Å². The Morgan fingerprint density at radius 2 is 1.79 bits per heavy atom. The highest BCUT2D eigenvalue weighted by molar-refractivity contribution is 7.26. The highest BCUT2D eigenvalue weighted by Gasteiger charge is 2.34. The van der Waals surface area contributed by atoms with Crippen molar-refractivity contribution >= 4 is 37.4 Å². The van der Waals surface area contributed by atoms with E-state index in [4.69, 9.17) is 4.74 Å². The molecule has 5 aromatic heterocycles. The van der Waals surface area contributed by atoms with E-state index in [-0.39, 0.29) is 23.1 Å². The van der Waals surface area contributed by atoms with Crippen molar-refractivity contribution < 1.29 is 31.1 Å². The Morgan fingerprint density at radius 1 is 0.974 bits per heavy atom. The maximum absolute atomic E-state index is 13.3. The predicted molar refractivity (Wildman–Crippen MR) is 124 cm³/mol. The number of rotatable bonds is 4. The maximum atomic E-state index is 13.3. The van der Waals surface area contributed by atoms with Gasteiger partial charge in [0, 0.05) is 11.6 Å². The SMILES string of the molecule is Cc1cc(C(F)(F)F)nc2sc3c(ncn4nc(-c5ccn(COc6cccc(C(F)(F)F)c6)n5)nc34)c12. The first kappa shape index (κ1) is 24.1. The Bertz CT molecular complexity index is 1840. The number of fused-ring (bicyclic) bond motifs is 5. The number of aromatic nitrogens is 7. The summed E-state index contributed by atoms with van der Waals surface area (Å²) in [5, 5.41) is 9.19. The van der Waals surface area contributed by atoms with Gasteiger partial charge in [-0.05, 0) is 42.8 Å². The summed E-state index contributed by atoms with van der Waals surface area (Å²) in [5.41, 5.74) is -0.226. The second-order valence-electron chi connectivity index (χ2n) is 8.27. The van der Waals surface area contributed by atoms with Crippen LogP contribution >= 0.6 is 11.3 Å². The second kappa shape index (κ2) is 8.37. The van der Waals surface area contributed by atoms with Crippen molar-refractivity contribution in [3.8, 4) is 17.3 Å². The van der Waals surface area contributed by atoms with Crippen molar-refractivity contribution in [3.63, 3.8) is 0 Å². The summed E-state index contributed by atoms with van der Waals surface area (Å²) in [7, 11) is 0. The third-order valence-corrected chi connectivity index (χ3v) is 6.72. The topological polar surface area (TPSA) is 83.0 Å². The second-order valence-corrected chi connectivity index (χ2v) is 9.27. The fraction of sp³-hybridized carbons (Fsp3) is 0.174. The molecule has 0 atom stereocenters. The molecular formula is C23H13F6N7OS. The molecule has 15 heteroatoms. The number of ether oxygens (including phenoxy) is 1. The molecule has 0 saturated carbocycles. The zero-order valence-corrected chi connectivity index (χ0v) is 19.9. The Kier molecular flexibility index (Phi) is 5.31. The van der Waals surface area contributed by atoms with E-state index in [9.17, 15) is 26.3 Å². The lowest BCUT2D eigenvalue weighted by molar-refractivity contribution is -0.141. The fourth-order valence-corrected chi connectivity index (χ4v) is 5.10. The number of hydrogen-bond acceptors (Lipinski definition) is 7. The minimum absolute atomic E-state index is 0.0264. The van der Waals surface area contributed by atoms with Gasteiger partial charge in [-0.3, -0.25) is 0 Å². The lowest BCUT2D eigenvalue weighted by Gasteiger charge is -2.10. The number of benzene rings is 1. The van der Waals surface area contributed by atoms with Crippen LogP contribution in [0.25, 0.3) is 37.6 Å². The first-order valence-electron chi connectivity index (χ1n) is 10.8. The van der Waals surface area contributed by atoms with Crippen molar-refractivity contribution in [2.24, 2.45) is 0 Å². The summed E-state index contributed by atoms with van der Waals surface area (Å²) in [6, 6.07) is 7.08. The van der Waals surface area contributed by atoms with Gasteiger partial charge < -0.3 is 4.74 Å². The number of aryl methyl sites for hydroxylation is 1. The van der Waals surface area contributed by atoms with Gasteiger partial charge in [-0.2, -0.15) is 31.4 Å². The van der Waals surface area contributed by atoms with Gasteiger partial charge in [0.1, 0.15) is 33.0 Å². The molecular weight excluding hydrogens is 536 g/mol. The van der Waals surface area contributed by atoms with Gasteiger partial charge in [0.25, 0.3) is 0 Å². The number of halogens is 6. The number of thiophene rings is 1. The highest BCUT2D eigenvalue weighted by atomic mass is 32.1. The molecule has 38 heavy (non-hydrogen) atoms. The molecule has 0 N–H and O–H groups in total. The van der Waals surface area contributed by atoms with Gasteiger partial charge in [0.2, 0.25) is 5.82 Å². The summed E-state index contributed by atoms with van der Waals surface area (Å²) < 4.78 is 87.2. The van der Waals surface area contributed by atoms with E-state index < -0.39 is 23.6 Å². The number of pyridine rings is 1. The van der Waals surface area contributed by atoms with E-state index in [1.165, 1.54) is 27.7 Å². The summed E-state index contributed by atoms with van der Waals surface area (Å²) in [6.45, 7) is 1.41. The molecule has 194 valence electrons. The average molecular weight is 549 g/mol. The Hall–Kier alpha value is -4.27. The predicted octanol–water partition coefficient (Wildman–Crippen LogP) is 6.13. The van der Waals surface area contributed by atoms with E-state index in [0.29, 0.717) is 32.5 Å². The van der Waals surface area contributed by atoms with Gasteiger partial charge in [-0.1, -0.05) is 6.07 Å². The van der Waals surface area contributed by atoms with Crippen molar-refractivity contribution in [1.29, 1.82) is 0 Å². The zero-order chi connectivity index (χ0) is 26.8. The van der Waals surface area contributed by atoms with Crippen LogP contribution in [0.5, 0.6) is 5.75 Å². The maximum Gasteiger partial charge on any atom is 0.433 e. The normalized spacial score (nSPS) is 12.7. The average Bonchev–Trinajstić information content (AvgIpc) is 3.57. The Labute approximate surface area is 212 Å². The van der Waals surface area contributed by atoms with Crippen LogP contribution < -0.4 is 4.74 Å². The van der Waals surface area contributed by atoms with Crippen LogP contribution in [0.1, 0.15) is 16.8 Å². The van der Waals surface area contributed by atoms with Crippen LogP contribution in [0.3, 0.4) is 0 Å². The molecule has 0 fully saturated rings. The summed E-state index contributed by atoms with van der Waals surface area (Å²) in [6.07, 6.45) is -6.11. The monoisotopic (exact) mass is 549 g/mol. The molecule has 0 amide bonds. The summed E-state index contributed by atoms with van der Waals surface area (Å²) >= 11 is 1.04. The molecule has 0 spiro atoms. The van der Waals surface area contributed by atoms with Gasteiger partial charge in [-0.25, -0.2) is 24.1 Å². The smallest absolute Gasteiger partial charge is 0.433 e. The minimum atomic E-state index is -4.58. The lowest BCUT2D eigenvalue weighted by Crippen LogP contribution is -2.08. The quantitative estimate of drug-likeness (QED) is 0.246. The van der Waals surface area contributed by atoms with Crippen molar-refractivity contribution in [1.82, 2.24) is 34.3 Å². The van der Waals surface area contributed by atoms with Gasteiger partial charge >= 0.3 is 12.4 Å². The van der Waals surface area contributed by atoms with Crippen LogP contribution in [-0.2, 0) is 19.1 Å². The van der Waals surface area contributed by atoms with Gasteiger partial charge in [0.15, 0.2) is 12.4 Å². The van der Waals surface area contributed by atoms with E-state index in [1.807, 2.05) is 0 Å². The Morgan fingerprint density at radius 3 is 2.55 bits per heavy atom. The van der Waals surface area contributed by atoms with Crippen LogP contribution in [0, 0.1) is 6.92 Å². The fourth-order valence-electron chi connectivity index (χ4n) is 3.92. The lowest BCUT2D eigenvalue weighted by atomic mass is 10.1. The van der Waals surface area contributed by atoms with Crippen molar-refractivity contribution in [2.45, 2.75) is 26.0 Å². The first-order valence-corrected chi connectivity index (χ1v) is 11.7. The molecule has 5 heterocycles. The zero-order valence-electron chi connectivity index (χ0n) is 19.0. The summed E-state index contributed by atoms with van der Waals surface area (Å²) in [5.74, 6) is 0.244. The number of hydrogen-bond donors (Lipinski definition) is 0. The number of alkyl halides is 6. The highest BCUT2D eigenvalue weighted by Crippen LogP contribution is 2.38. The third kappa shape index (κ3) is 4.17. The molecule has 1 aromatic carbocycles. The molecule has 6 rings (SSSR count). The van der Waals surface area contributed by atoms with Crippen molar-refractivity contribution in [2.75, 3.05) is 0 Å². The van der Waals surface area contributed by atoms with Crippen LogP contribution in [-0.4, -0.2) is 34.3 Å². The summed E-state index contributed by atoms with van der Waals surface area (Å²) in [4.78, 5) is 12.9. The van der Waals surface area contributed by atoms with Crippen LogP contribution in [0.2, 0.25) is 0 Å². The molecule has 0 aliphatic carbocycles. The molecule has 0 aliphatic heterocycles. The van der Waals surface area contributed by atoms with E-state index in [0.717, 1.165) is 29.5 Å². The molecule has 0 aliphatic rings. The number of nitrogens with zero attached hydrogens (tertiary/aromatic N) is 7.